The molecule has 0 radical (unpaired) electrons. The number of rotatable bonds is 12. The van der Waals surface area contributed by atoms with E-state index < -0.39 is 94.5 Å². The number of nitrogens with zero attached hydrogens (tertiary/aromatic N) is 21. The lowest BCUT2D eigenvalue weighted by molar-refractivity contribution is -0.122. The molecule has 27 nitrogen and oxygen atoms in total. The number of anilines is 10. The first-order chi connectivity index (χ1) is 70.3. The van der Waals surface area contributed by atoms with Crippen LogP contribution in [0.2, 0.25) is 40.8 Å². The number of isothiocyanates is 1. The van der Waals surface area contributed by atoms with Gasteiger partial charge >= 0.3 is 25.2 Å². The molecular weight excluding hydrogens is 2770 g/mol. The molecule has 778 valence electrons. The molecule has 1 fully saturated rings. The zero-order valence-electron chi connectivity index (χ0n) is 73.0. The number of benzene rings is 11. The third kappa shape index (κ3) is 30.7. The van der Waals surface area contributed by atoms with Gasteiger partial charge in [0, 0.05) is 99.3 Å². The Morgan fingerprint density at radius 2 is 0.753 bits per heavy atom. The molecule has 1 aliphatic carbocycles. The summed E-state index contributed by atoms with van der Waals surface area (Å²) in [4.78, 5) is 43.6. The van der Waals surface area contributed by atoms with Crippen molar-refractivity contribution in [1.29, 1.82) is 0 Å². The largest absolute Gasteiger partial charge is 0.490 e. The first kappa shape index (κ1) is 118. The molecular formula is C91H55Cl8F18I5N26OS. The molecule has 150 heavy (non-hydrogen) atoms. The fraction of sp³-hybridized carbons (Fsp3) is 0.0879. The van der Waals surface area contributed by atoms with Crippen molar-refractivity contribution in [3.05, 3.63) is 325 Å². The summed E-state index contributed by atoms with van der Waals surface area (Å²) in [7, 11) is 0. The summed E-state index contributed by atoms with van der Waals surface area (Å²) in [5, 5.41) is 27.3. The summed E-state index contributed by atoms with van der Waals surface area (Å²) in [6.07, 6.45) is -11.8. The predicted octanol–water partition coefficient (Wildman–Crippen LogP) is 30.9. The smallest absolute Gasteiger partial charge is 0.399 e. The van der Waals surface area contributed by atoms with Crippen molar-refractivity contribution in [3.8, 4) is 11.3 Å². The number of halogens is 31. The minimum absolute atomic E-state index is 0. The maximum absolute atomic E-state index is 14.7. The first-order valence-corrected chi connectivity index (χ1v) is 49.4. The number of hydrazine groups is 2. The zero-order valence-corrected chi connectivity index (χ0v) is 90.7. The molecule has 20 rings (SSSR count). The van der Waals surface area contributed by atoms with Crippen LogP contribution in [-0.2, 0) is 0 Å². The van der Waals surface area contributed by atoms with E-state index in [0.29, 0.717) is 64.8 Å². The van der Waals surface area contributed by atoms with Gasteiger partial charge in [0.15, 0.2) is 23.3 Å². The van der Waals surface area contributed by atoms with E-state index in [-0.39, 0.29) is 121 Å². The molecule has 0 amide bonds. The number of hydrogen-bond donors (Lipinski definition) is 6. The fourth-order valence-corrected chi connectivity index (χ4v) is 18.4. The number of aliphatic imine (C=N–C) groups is 1. The maximum atomic E-state index is 14.7. The van der Waals surface area contributed by atoms with Crippen LogP contribution in [0.1, 0.15) is 31.9 Å². The molecule has 1 aliphatic rings. The molecule has 9 N–H and O–H groups in total. The predicted molar refractivity (Wildman–Crippen MR) is 586 cm³/mol. The Kier molecular flexibility index (Phi) is 40.0. The number of nitrogens with one attached hydrogen (secondary N) is 2. The Morgan fingerprint density at radius 3 is 1.13 bits per heavy atom. The second-order valence-electron chi connectivity index (χ2n) is 29.9. The number of fused-ring (bicyclic) bond motifs is 9. The van der Waals surface area contributed by atoms with Crippen molar-refractivity contribution in [3.63, 3.8) is 0 Å². The summed E-state index contributed by atoms with van der Waals surface area (Å²) < 4.78 is 255. The van der Waals surface area contributed by atoms with E-state index in [4.69, 9.17) is 110 Å². The normalized spacial score (nSPS) is 11.7. The molecule has 1 saturated carbocycles. The van der Waals surface area contributed by atoms with Crippen LogP contribution in [-0.4, -0.2) is 115 Å². The van der Waals surface area contributed by atoms with Gasteiger partial charge in [0.2, 0.25) is 16.5 Å². The van der Waals surface area contributed by atoms with Gasteiger partial charge in [-0.25, -0.2) is 77.6 Å². The van der Waals surface area contributed by atoms with Gasteiger partial charge in [0.05, 0.1) is 78.8 Å². The highest BCUT2D eigenvalue weighted by Crippen LogP contribution is 2.48. The van der Waals surface area contributed by atoms with E-state index in [1.807, 2.05) is 45.2 Å². The van der Waals surface area contributed by atoms with Crippen LogP contribution in [0.5, 0.6) is 0 Å². The number of thiocarbonyl (C=S) groups is 1. The van der Waals surface area contributed by atoms with E-state index in [1.165, 1.54) is 155 Å². The van der Waals surface area contributed by atoms with Crippen molar-refractivity contribution < 1.29 is 84.2 Å². The van der Waals surface area contributed by atoms with Crippen molar-refractivity contribution in [2.75, 3.05) is 30.8 Å². The quantitative estimate of drug-likeness (QED) is 0.00632. The van der Waals surface area contributed by atoms with E-state index in [0.717, 1.165) is 79.6 Å². The third-order valence-electron chi connectivity index (χ3n) is 19.5. The van der Waals surface area contributed by atoms with Gasteiger partial charge in [-0.1, -0.05) is 77.0 Å². The molecule has 0 spiro atoms. The van der Waals surface area contributed by atoms with Gasteiger partial charge in [-0.2, -0.15) is 24.9 Å². The summed E-state index contributed by atoms with van der Waals surface area (Å²) in [6.45, 7) is 0. The second-order valence-corrected chi connectivity index (χ2v) is 39.5. The second kappa shape index (κ2) is 50.9. The zero-order chi connectivity index (χ0) is 108. The standard InChI is InChI=1S/C23H14ClF4N7.C16H7ClF4IN5.C15H6Cl2F4IN3.C15H9ClF4IN5.C8H3Cl3N2.C7H3FINS.C6H5FIN.CH4.H4N2O/c24-14-3-4-17-20(7-14)34-11-31-33-22(34)32-21(17)35(23(26,27)28)16-6-13(5-15(25)8-16)19-10-29-18(9-30-19)12-1-2-12;17-8-1-2-12-13(3-8)26-7-23-25-15(26)24-14(12)27(16(19,20)21)11-5-9(18)4-10(22)6-11;16-7-1-2-11-12(3-7)23-14(17)24-13(11)25(15(19,20)21)10-5-8(18)4-9(22)6-10;16-7-1-2-11-12(3-7)23-14(25-22)24-13(11)26(15(18,19)20)10-5-8(17)4-9(21)6-10;9-4-1-2-5-6(3-4)12-8(11)13-7(5)10;8-5-1-6(9)3-7(2-5)10-4-11;7-4-1-5(8)3-6(9)2-4;;1-2-3/h3-12H,1-2H2;1-7H;1-6H;1-6H,22H2,(H,23,24,25);1-3H;1-3H;1-3H,9H2;1H4;2-3H,1H2. The number of nitrogen functional groups attached to an aromatic ring is 2. The van der Waals surface area contributed by atoms with Gasteiger partial charge < -0.3 is 10.9 Å². The molecule has 8 aromatic heterocycles. The van der Waals surface area contributed by atoms with E-state index in [2.05, 4.69) is 104 Å². The van der Waals surface area contributed by atoms with Gasteiger partial charge in [0.1, 0.15) is 52.7 Å². The highest BCUT2D eigenvalue weighted by Gasteiger charge is 2.46. The highest BCUT2D eigenvalue weighted by molar-refractivity contribution is 14.1. The molecule has 0 bridgehead atoms. The van der Waals surface area contributed by atoms with Gasteiger partial charge in [-0.15, -0.1) is 78.7 Å². The lowest BCUT2D eigenvalue weighted by Crippen LogP contribution is -2.35. The molecule has 0 atom stereocenters. The average Bonchev–Trinajstić information content (AvgIpc) is 1.39. The highest BCUT2D eigenvalue weighted by atomic mass is 127. The van der Waals surface area contributed by atoms with Crippen LogP contribution in [0.15, 0.2) is 230 Å². The molecule has 0 unspecified atom stereocenters. The topological polar surface area (TPSA) is 337 Å². The number of alkyl halides is 12. The maximum Gasteiger partial charge on any atom is 0.490 e. The van der Waals surface area contributed by atoms with Crippen molar-refractivity contribution in [1.82, 2.24) is 84.6 Å². The molecule has 0 saturated heterocycles. The van der Waals surface area contributed by atoms with Crippen LogP contribution < -0.4 is 48.0 Å². The van der Waals surface area contributed by atoms with Gasteiger partial charge in [-0.3, -0.25) is 24.2 Å². The Bertz CT molecular complexity index is 8120. The minimum Gasteiger partial charge on any atom is -0.399 e. The van der Waals surface area contributed by atoms with Crippen LogP contribution >= 0.6 is 218 Å². The molecule has 0 aliphatic heterocycles. The number of aromatic nitrogens is 16. The van der Waals surface area contributed by atoms with Crippen molar-refractivity contribution in [2.45, 2.75) is 51.4 Å². The van der Waals surface area contributed by atoms with Crippen LogP contribution in [0.4, 0.5) is 142 Å². The summed E-state index contributed by atoms with van der Waals surface area (Å²) in [5.74, 6) is 3.64. The van der Waals surface area contributed by atoms with Crippen molar-refractivity contribution >= 4 is 353 Å². The Morgan fingerprint density at radius 1 is 0.400 bits per heavy atom. The first-order valence-electron chi connectivity index (χ1n) is 40.6. The van der Waals surface area contributed by atoms with Crippen LogP contribution in [0.25, 0.3) is 77.3 Å². The van der Waals surface area contributed by atoms with Crippen LogP contribution in [0, 0.1) is 52.8 Å². The molecule has 11 aromatic carbocycles. The lowest BCUT2D eigenvalue weighted by Gasteiger charge is -2.27. The number of nitrogens with two attached hydrogens (primary N) is 3. The SMILES string of the molecule is C.Clc1ccc2c(Cl)nc(Cl)nc2c1.Fc1cc(-c2cnc(C3CC3)cn2)cc(N(c2nc3nncn3c3cc(Cl)ccc23)C(F)(F)F)c1.Fc1cc(I)cc(N(c2nc(Cl)nc3cc(Cl)ccc23)C(F)(F)F)c1.Fc1cc(I)cc(N(c2nc3nncn3c3cc(Cl)ccc23)C(F)(F)F)c1.Fc1cc(I)cc(N=C=S)c1.NNO.NNc1nc(N(c2cc(F)cc(I)c2)C(F)(F)F)c2ccc(Cl)cc2n1.Nc1cc(F)cc(I)c1. The summed E-state index contributed by atoms with van der Waals surface area (Å²) >= 11 is 60.5. The van der Waals surface area contributed by atoms with Gasteiger partial charge in [-0.05, 0) is 355 Å². The van der Waals surface area contributed by atoms with E-state index in [1.54, 1.807) is 104 Å². The average molecular weight is 2820 g/mol. The van der Waals surface area contributed by atoms with Gasteiger partial charge in [0.25, 0.3) is 11.6 Å². The molecule has 8 heterocycles. The third-order valence-corrected chi connectivity index (χ3v) is 24.6. The Hall–Kier alpha value is -10.7. The van der Waals surface area contributed by atoms with Crippen LogP contribution in [0.3, 0.4) is 0 Å². The molecule has 19 aromatic rings. The summed E-state index contributed by atoms with van der Waals surface area (Å²) in [5.41, 5.74) is 10.8. The van der Waals surface area contributed by atoms with E-state index in [9.17, 15) is 79.0 Å². The number of hydrogen-bond acceptors (Lipinski definition) is 26. The van der Waals surface area contributed by atoms with Crippen molar-refractivity contribution in [2.24, 2.45) is 16.7 Å². The summed E-state index contributed by atoms with van der Waals surface area (Å²) in [6, 6.07) is 43.5. The lowest BCUT2D eigenvalue weighted by atomic mass is 10.1. The molecule has 59 heteroatoms. The fourth-order valence-electron chi connectivity index (χ4n) is 13.7. The minimum atomic E-state index is -4.95. The monoisotopic (exact) mass is 2820 g/mol. The van der Waals surface area contributed by atoms with E-state index >= 15 is 0 Å². The Balaban J connectivity index is 0.000000160. The Labute approximate surface area is 946 Å².